The van der Waals surface area contributed by atoms with E-state index >= 15 is 0 Å². The van der Waals surface area contributed by atoms with Crippen LogP contribution >= 0.6 is 23.1 Å². The van der Waals surface area contributed by atoms with Crippen LogP contribution in [0.5, 0.6) is 0 Å². The Bertz CT molecular complexity index is 1290. The number of nitrogens with zero attached hydrogens (tertiary/aromatic N) is 1. The molecule has 170 valence electrons. The summed E-state index contributed by atoms with van der Waals surface area (Å²) in [7, 11) is 0. The number of thiazole rings is 1. The second-order valence-corrected chi connectivity index (χ2v) is 9.49. The molecular weight excluding hydrogens is 462 g/mol. The van der Waals surface area contributed by atoms with Gasteiger partial charge in [-0.05, 0) is 42.3 Å². The maximum absolute atomic E-state index is 13.2. The number of aryl methyl sites for hydroxylation is 1. The lowest BCUT2D eigenvalue weighted by Crippen LogP contribution is -2.19. The van der Waals surface area contributed by atoms with Crippen LogP contribution < -0.4 is 10.6 Å². The number of benzene rings is 3. The molecule has 0 aliphatic rings. The fourth-order valence-electron chi connectivity index (χ4n) is 3.19. The molecule has 0 radical (unpaired) electrons. The van der Waals surface area contributed by atoms with Crippen molar-refractivity contribution in [3.63, 3.8) is 0 Å². The number of aromatic nitrogens is 1. The van der Waals surface area contributed by atoms with Gasteiger partial charge in [-0.25, -0.2) is 4.98 Å². The van der Waals surface area contributed by atoms with E-state index in [0.717, 1.165) is 21.7 Å². The Kier molecular flexibility index (Phi) is 7.91. The maximum atomic E-state index is 13.2. The van der Waals surface area contributed by atoms with Gasteiger partial charge in [-0.1, -0.05) is 66.7 Å². The van der Waals surface area contributed by atoms with Crippen LogP contribution in [0.1, 0.15) is 22.1 Å². The Morgan fingerprint density at radius 1 is 0.941 bits per heavy atom. The van der Waals surface area contributed by atoms with Crippen molar-refractivity contribution >= 4 is 51.8 Å². The summed E-state index contributed by atoms with van der Waals surface area (Å²) >= 11 is 2.83. The van der Waals surface area contributed by atoms with Crippen molar-refractivity contribution in [1.82, 2.24) is 4.98 Å². The molecule has 0 spiro atoms. The third-order valence-corrected chi connectivity index (χ3v) is 6.90. The molecule has 1 atom stereocenters. The third kappa shape index (κ3) is 6.66. The van der Waals surface area contributed by atoms with Crippen LogP contribution in [0.15, 0.2) is 101 Å². The first-order valence-corrected chi connectivity index (χ1v) is 12.4. The highest BCUT2D eigenvalue weighted by Crippen LogP contribution is 2.37. The zero-order chi connectivity index (χ0) is 23.8. The van der Waals surface area contributed by atoms with Crippen molar-refractivity contribution in [1.29, 1.82) is 0 Å². The topological polar surface area (TPSA) is 71.1 Å². The van der Waals surface area contributed by atoms with Crippen molar-refractivity contribution in [2.24, 2.45) is 0 Å². The van der Waals surface area contributed by atoms with Crippen molar-refractivity contribution in [2.75, 3.05) is 10.6 Å². The zero-order valence-electron chi connectivity index (χ0n) is 18.5. The van der Waals surface area contributed by atoms with Gasteiger partial charge in [-0.3, -0.25) is 9.59 Å². The van der Waals surface area contributed by atoms with Gasteiger partial charge in [0.25, 0.3) is 0 Å². The van der Waals surface area contributed by atoms with Crippen LogP contribution in [0, 0.1) is 6.92 Å². The Balaban J connectivity index is 1.48. The van der Waals surface area contributed by atoms with E-state index < -0.39 is 5.25 Å². The Morgan fingerprint density at radius 2 is 1.68 bits per heavy atom. The number of rotatable bonds is 8. The standard InChI is InChI=1S/C27H23N3O2S2/c1-19-18-33-27(28-19)30-26(32)25(21-11-6-3-7-12-21)34-23-14-8-13-22(17-23)29-24(31)16-15-20-9-4-2-5-10-20/h2-18,25H,1H3,(H,29,31)(H,28,30,32)/b16-15+. The van der Waals surface area contributed by atoms with Crippen molar-refractivity contribution in [2.45, 2.75) is 17.1 Å². The highest BCUT2D eigenvalue weighted by atomic mass is 32.2. The lowest BCUT2D eigenvalue weighted by molar-refractivity contribution is -0.116. The molecule has 1 heterocycles. The molecule has 4 rings (SSSR count). The summed E-state index contributed by atoms with van der Waals surface area (Å²) in [4.78, 5) is 30.8. The van der Waals surface area contributed by atoms with Crippen LogP contribution in [-0.4, -0.2) is 16.8 Å². The first kappa shape index (κ1) is 23.5. The predicted octanol–water partition coefficient (Wildman–Crippen LogP) is 6.58. The summed E-state index contributed by atoms with van der Waals surface area (Å²) in [6.07, 6.45) is 3.27. The smallest absolute Gasteiger partial charge is 0.248 e. The van der Waals surface area contributed by atoms with E-state index in [1.165, 1.54) is 29.2 Å². The summed E-state index contributed by atoms with van der Waals surface area (Å²) in [5.74, 6) is -0.367. The molecule has 1 unspecified atom stereocenters. The molecule has 0 aliphatic heterocycles. The van der Waals surface area contributed by atoms with Gasteiger partial charge in [0.1, 0.15) is 5.25 Å². The molecule has 2 N–H and O–H groups in total. The quantitative estimate of drug-likeness (QED) is 0.219. The molecule has 0 saturated heterocycles. The second-order valence-electron chi connectivity index (χ2n) is 7.45. The summed E-state index contributed by atoms with van der Waals surface area (Å²) in [5, 5.41) is 7.82. The molecule has 5 nitrogen and oxygen atoms in total. The van der Waals surface area contributed by atoms with Gasteiger partial charge in [0, 0.05) is 22.0 Å². The fourth-order valence-corrected chi connectivity index (χ4v) is 4.96. The molecule has 34 heavy (non-hydrogen) atoms. The normalized spacial score (nSPS) is 11.8. The Hall–Kier alpha value is -3.68. The van der Waals surface area contributed by atoms with Crippen LogP contribution in [0.4, 0.5) is 10.8 Å². The highest BCUT2D eigenvalue weighted by molar-refractivity contribution is 8.00. The van der Waals surface area contributed by atoms with E-state index in [0.29, 0.717) is 10.8 Å². The molecule has 1 aromatic heterocycles. The highest BCUT2D eigenvalue weighted by Gasteiger charge is 2.23. The number of carbonyl (C=O) groups excluding carboxylic acids is 2. The zero-order valence-corrected chi connectivity index (χ0v) is 20.1. The van der Waals surface area contributed by atoms with Gasteiger partial charge in [0.05, 0.1) is 5.69 Å². The lowest BCUT2D eigenvalue weighted by atomic mass is 10.1. The number of hydrogen-bond acceptors (Lipinski definition) is 5. The molecule has 4 aromatic rings. The average molecular weight is 486 g/mol. The summed E-state index contributed by atoms with van der Waals surface area (Å²) in [5.41, 5.74) is 3.37. The van der Waals surface area contributed by atoms with Gasteiger partial charge in [0.15, 0.2) is 5.13 Å². The van der Waals surface area contributed by atoms with Crippen molar-refractivity contribution in [3.05, 3.63) is 113 Å². The predicted molar refractivity (Wildman–Crippen MR) is 141 cm³/mol. The summed E-state index contributed by atoms with van der Waals surface area (Å²) in [6.45, 7) is 1.89. The number of amides is 2. The van der Waals surface area contributed by atoms with Crippen LogP contribution in [0.25, 0.3) is 6.08 Å². The van der Waals surface area contributed by atoms with Crippen molar-refractivity contribution < 1.29 is 9.59 Å². The monoisotopic (exact) mass is 485 g/mol. The SMILES string of the molecule is Cc1csc(NC(=O)C(Sc2cccc(NC(=O)/C=C/c3ccccc3)c2)c2ccccc2)n1. The molecule has 0 aliphatic carbocycles. The molecule has 2 amide bonds. The van der Waals surface area contributed by atoms with E-state index in [4.69, 9.17) is 0 Å². The maximum Gasteiger partial charge on any atom is 0.248 e. The first-order valence-electron chi connectivity index (χ1n) is 10.7. The third-order valence-electron chi connectivity index (χ3n) is 4.77. The molecule has 3 aromatic carbocycles. The van der Waals surface area contributed by atoms with E-state index in [2.05, 4.69) is 15.6 Å². The van der Waals surface area contributed by atoms with E-state index in [-0.39, 0.29) is 11.8 Å². The Labute approximate surface area is 207 Å². The van der Waals surface area contributed by atoms with Gasteiger partial charge < -0.3 is 10.6 Å². The minimum absolute atomic E-state index is 0.147. The van der Waals surface area contributed by atoms with Crippen LogP contribution in [-0.2, 0) is 9.59 Å². The minimum atomic E-state index is -0.477. The molecule has 0 fully saturated rings. The van der Waals surface area contributed by atoms with E-state index in [1.54, 1.807) is 6.08 Å². The van der Waals surface area contributed by atoms with Gasteiger partial charge in [0.2, 0.25) is 11.8 Å². The van der Waals surface area contributed by atoms with Crippen LogP contribution in [0.2, 0.25) is 0 Å². The second kappa shape index (κ2) is 11.4. The average Bonchev–Trinajstić information content (AvgIpc) is 3.27. The number of thioether (sulfide) groups is 1. The molecule has 0 saturated carbocycles. The fraction of sp³-hybridized carbons (Fsp3) is 0.0741. The van der Waals surface area contributed by atoms with Gasteiger partial charge in [-0.2, -0.15) is 0 Å². The Morgan fingerprint density at radius 3 is 2.38 bits per heavy atom. The van der Waals surface area contributed by atoms with E-state index in [9.17, 15) is 9.59 Å². The minimum Gasteiger partial charge on any atom is -0.322 e. The first-order chi connectivity index (χ1) is 16.6. The summed E-state index contributed by atoms with van der Waals surface area (Å²) in [6, 6.07) is 26.8. The number of anilines is 2. The largest absolute Gasteiger partial charge is 0.322 e. The number of carbonyl (C=O) groups is 2. The van der Waals surface area contributed by atoms with Gasteiger partial charge >= 0.3 is 0 Å². The molecular formula is C27H23N3O2S2. The number of hydrogen-bond donors (Lipinski definition) is 2. The van der Waals surface area contributed by atoms with Crippen molar-refractivity contribution in [3.8, 4) is 0 Å². The van der Waals surface area contributed by atoms with E-state index in [1.807, 2.05) is 97.2 Å². The number of nitrogens with one attached hydrogen (secondary N) is 2. The van der Waals surface area contributed by atoms with Gasteiger partial charge in [-0.15, -0.1) is 23.1 Å². The lowest BCUT2D eigenvalue weighted by Gasteiger charge is -2.16. The molecule has 7 heteroatoms. The van der Waals surface area contributed by atoms with Crippen LogP contribution in [0.3, 0.4) is 0 Å². The summed E-state index contributed by atoms with van der Waals surface area (Å²) < 4.78 is 0. The molecule has 0 bridgehead atoms.